The summed E-state index contributed by atoms with van der Waals surface area (Å²) >= 11 is 0. The van der Waals surface area contributed by atoms with Gasteiger partial charge in [-0.1, -0.05) is 12.1 Å². The summed E-state index contributed by atoms with van der Waals surface area (Å²) in [6, 6.07) is 14.2. The molecule has 2 N–H and O–H groups in total. The number of para-hydroxylation sites is 2. The lowest BCUT2D eigenvalue weighted by molar-refractivity contribution is -0.383. The number of nitrogens with one attached hydrogen (secondary N) is 2. The van der Waals surface area contributed by atoms with Crippen molar-refractivity contribution in [1.82, 2.24) is 9.97 Å². The van der Waals surface area contributed by atoms with Crippen molar-refractivity contribution in [3.8, 4) is 11.5 Å². The van der Waals surface area contributed by atoms with E-state index in [-0.39, 0.29) is 17.3 Å². The summed E-state index contributed by atoms with van der Waals surface area (Å²) in [7, 11) is 0. The van der Waals surface area contributed by atoms with Gasteiger partial charge in [-0.15, -0.1) is 0 Å². The third-order valence-corrected chi connectivity index (χ3v) is 3.87. The fourth-order valence-electron chi connectivity index (χ4n) is 2.65. The predicted octanol–water partition coefficient (Wildman–Crippen LogP) is 4.67. The normalized spacial score (nSPS) is 10.3. The number of benzene rings is 2. The maximum atomic E-state index is 11.8. The number of anilines is 4. The maximum absolute atomic E-state index is 11.8. The van der Waals surface area contributed by atoms with Crippen LogP contribution >= 0.6 is 0 Å². The third-order valence-electron chi connectivity index (χ3n) is 3.87. The Kier molecular flexibility index (Phi) is 6.41. The third kappa shape index (κ3) is 4.89. The molecule has 0 saturated heterocycles. The molecule has 0 atom stereocenters. The van der Waals surface area contributed by atoms with Crippen LogP contribution in [0, 0.1) is 10.1 Å². The Morgan fingerprint density at radius 3 is 2.24 bits per heavy atom. The topological polar surface area (TPSA) is 111 Å². The molecule has 0 aliphatic carbocycles. The van der Waals surface area contributed by atoms with Crippen LogP contribution in [-0.4, -0.2) is 28.1 Å². The van der Waals surface area contributed by atoms with Crippen molar-refractivity contribution in [3.63, 3.8) is 0 Å². The van der Waals surface area contributed by atoms with E-state index in [1.165, 1.54) is 6.33 Å². The molecule has 3 aromatic rings. The Balaban J connectivity index is 1.91. The van der Waals surface area contributed by atoms with E-state index >= 15 is 0 Å². The first-order valence-electron chi connectivity index (χ1n) is 9.10. The van der Waals surface area contributed by atoms with E-state index in [0.717, 1.165) is 0 Å². The van der Waals surface area contributed by atoms with Crippen LogP contribution in [0.2, 0.25) is 0 Å². The summed E-state index contributed by atoms with van der Waals surface area (Å²) in [5.41, 5.74) is 0.937. The van der Waals surface area contributed by atoms with Crippen LogP contribution in [0.15, 0.2) is 54.9 Å². The number of rotatable bonds is 9. The molecule has 0 spiro atoms. The Labute approximate surface area is 167 Å². The minimum absolute atomic E-state index is 0.0607. The molecule has 0 amide bonds. The second-order valence-electron chi connectivity index (χ2n) is 5.81. The van der Waals surface area contributed by atoms with Crippen molar-refractivity contribution >= 4 is 28.7 Å². The second-order valence-corrected chi connectivity index (χ2v) is 5.81. The summed E-state index contributed by atoms with van der Waals surface area (Å²) in [6.07, 6.45) is 1.26. The van der Waals surface area contributed by atoms with Gasteiger partial charge in [0.15, 0.2) is 0 Å². The molecule has 0 radical (unpaired) electrons. The number of hydrogen-bond donors (Lipinski definition) is 2. The molecule has 9 heteroatoms. The molecule has 1 heterocycles. The van der Waals surface area contributed by atoms with E-state index in [1.807, 2.05) is 19.9 Å². The van der Waals surface area contributed by atoms with E-state index in [2.05, 4.69) is 20.6 Å². The Morgan fingerprint density at radius 1 is 0.931 bits per heavy atom. The number of nitro groups is 1. The number of ether oxygens (including phenoxy) is 2. The molecular formula is C20H21N5O4. The smallest absolute Gasteiger partial charge is 0.353 e. The molecule has 0 aliphatic heterocycles. The van der Waals surface area contributed by atoms with Crippen molar-refractivity contribution < 1.29 is 14.4 Å². The van der Waals surface area contributed by atoms with Gasteiger partial charge in [0.05, 0.1) is 23.8 Å². The Hall–Kier alpha value is -3.88. The van der Waals surface area contributed by atoms with Crippen LogP contribution in [0.25, 0.3) is 0 Å². The van der Waals surface area contributed by atoms with Crippen LogP contribution in [0.1, 0.15) is 13.8 Å². The Morgan fingerprint density at radius 2 is 1.59 bits per heavy atom. The lowest BCUT2D eigenvalue weighted by Gasteiger charge is -2.13. The van der Waals surface area contributed by atoms with Crippen LogP contribution in [0.4, 0.5) is 28.7 Å². The average Bonchev–Trinajstić information content (AvgIpc) is 2.71. The van der Waals surface area contributed by atoms with E-state index < -0.39 is 4.92 Å². The molecule has 3 rings (SSSR count). The highest BCUT2D eigenvalue weighted by molar-refractivity contribution is 5.78. The van der Waals surface area contributed by atoms with Gasteiger partial charge in [-0.2, -0.15) is 0 Å². The van der Waals surface area contributed by atoms with Crippen molar-refractivity contribution in [2.75, 3.05) is 23.8 Å². The minimum atomic E-state index is -0.525. The van der Waals surface area contributed by atoms with Gasteiger partial charge in [-0.3, -0.25) is 10.1 Å². The van der Waals surface area contributed by atoms with E-state index in [9.17, 15) is 10.1 Å². The van der Waals surface area contributed by atoms with Crippen molar-refractivity contribution in [2.24, 2.45) is 0 Å². The van der Waals surface area contributed by atoms with E-state index in [4.69, 9.17) is 9.47 Å². The number of aromatic nitrogens is 2. The highest BCUT2D eigenvalue weighted by atomic mass is 16.6. The first-order valence-corrected chi connectivity index (χ1v) is 9.10. The monoisotopic (exact) mass is 395 g/mol. The highest BCUT2D eigenvalue weighted by Crippen LogP contribution is 2.35. The van der Waals surface area contributed by atoms with Gasteiger partial charge in [0.25, 0.3) is 0 Å². The first kappa shape index (κ1) is 19.9. The lowest BCUT2D eigenvalue weighted by atomic mass is 10.2. The summed E-state index contributed by atoms with van der Waals surface area (Å²) in [6.45, 7) is 4.79. The summed E-state index contributed by atoms with van der Waals surface area (Å²) in [4.78, 5) is 19.3. The lowest BCUT2D eigenvalue weighted by Crippen LogP contribution is -2.06. The Bertz CT molecular complexity index is 979. The molecule has 0 aliphatic rings. The van der Waals surface area contributed by atoms with Gasteiger partial charge >= 0.3 is 5.69 Å². The second kappa shape index (κ2) is 9.36. The number of hydrogen-bond acceptors (Lipinski definition) is 8. The summed E-state index contributed by atoms with van der Waals surface area (Å²) in [5, 5.41) is 17.7. The molecule has 0 bridgehead atoms. The van der Waals surface area contributed by atoms with Crippen molar-refractivity contribution in [1.29, 1.82) is 0 Å². The zero-order chi connectivity index (χ0) is 20.6. The summed E-state index contributed by atoms with van der Waals surface area (Å²) < 4.78 is 11.0. The average molecular weight is 395 g/mol. The van der Waals surface area contributed by atoms with E-state index in [0.29, 0.717) is 36.1 Å². The standard InChI is InChI=1S/C20H21N5O4/c1-3-28-15-11-9-14(10-12-15)23-19-18(25(26)27)20(22-13-21-19)24-16-7-5-6-8-17(16)29-4-2/h5-13H,3-4H2,1-2H3,(H2,21,22,23,24). The molecule has 0 fully saturated rings. The zero-order valence-corrected chi connectivity index (χ0v) is 16.1. The molecular weight excluding hydrogens is 374 g/mol. The maximum Gasteiger partial charge on any atom is 0.353 e. The molecule has 150 valence electrons. The van der Waals surface area contributed by atoms with Gasteiger partial charge in [-0.05, 0) is 50.2 Å². The minimum Gasteiger partial charge on any atom is -0.494 e. The molecule has 2 aromatic carbocycles. The fraction of sp³-hybridized carbons (Fsp3) is 0.200. The van der Waals surface area contributed by atoms with Gasteiger partial charge in [0.2, 0.25) is 11.6 Å². The largest absolute Gasteiger partial charge is 0.494 e. The van der Waals surface area contributed by atoms with Crippen LogP contribution in [0.3, 0.4) is 0 Å². The van der Waals surface area contributed by atoms with Gasteiger partial charge in [-0.25, -0.2) is 9.97 Å². The molecule has 0 saturated carbocycles. The molecule has 29 heavy (non-hydrogen) atoms. The molecule has 1 aromatic heterocycles. The predicted molar refractivity (Wildman–Crippen MR) is 110 cm³/mol. The SMILES string of the molecule is CCOc1ccc(Nc2ncnc(Nc3ccccc3OCC)c2[N+](=O)[O-])cc1. The fourth-order valence-corrected chi connectivity index (χ4v) is 2.65. The quantitative estimate of drug-likeness (QED) is 0.397. The van der Waals surface area contributed by atoms with Crippen LogP contribution in [-0.2, 0) is 0 Å². The van der Waals surface area contributed by atoms with Crippen molar-refractivity contribution in [2.45, 2.75) is 13.8 Å². The van der Waals surface area contributed by atoms with Crippen LogP contribution < -0.4 is 20.1 Å². The van der Waals surface area contributed by atoms with Gasteiger partial charge in [0, 0.05) is 5.69 Å². The summed E-state index contributed by atoms with van der Waals surface area (Å²) in [5.74, 6) is 1.42. The molecule has 9 nitrogen and oxygen atoms in total. The zero-order valence-electron chi connectivity index (χ0n) is 16.1. The van der Waals surface area contributed by atoms with Gasteiger partial charge in [0.1, 0.15) is 17.8 Å². The van der Waals surface area contributed by atoms with Crippen LogP contribution in [0.5, 0.6) is 11.5 Å². The highest BCUT2D eigenvalue weighted by Gasteiger charge is 2.24. The number of nitrogens with zero attached hydrogens (tertiary/aromatic N) is 3. The van der Waals surface area contributed by atoms with Gasteiger partial charge < -0.3 is 20.1 Å². The first-order chi connectivity index (χ1) is 14.1. The van der Waals surface area contributed by atoms with E-state index in [1.54, 1.807) is 42.5 Å². The van der Waals surface area contributed by atoms with Crippen molar-refractivity contribution in [3.05, 3.63) is 65.0 Å². The molecule has 0 unspecified atom stereocenters.